The Labute approximate surface area is 430 Å². The third-order valence-corrected chi connectivity index (χ3v) is 16.7. The minimum atomic E-state index is -1.69. The average molecular weight is 1020 g/mol. The zero-order chi connectivity index (χ0) is 52.1. The van der Waals surface area contributed by atoms with Gasteiger partial charge in [0.15, 0.2) is 11.7 Å². The summed E-state index contributed by atoms with van der Waals surface area (Å²) >= 11 is 1.73. The molecule has 0 aliphatic carbocycles. The van der Waals surface area contributed by atoms with Crippen LogP contribution in [-0.4, -0.2) is 178 Å². The Morgan fingerprint density at radius 3 is 2.23 bits per heavy atom. The molecule has 20 heteroatoms. The van der Waals surface area contributed by atoms with Crippen molar-refractivity contribution in [2.24, 2.45) is 11.8 Å². The molecule has 2 bridgehead atoms. The number of nitrogens with zero attached hydrogens (tertiary/aromatic N) is 6. The minimum absolute atomic E-state index is 0.0289. The lowest BCUT2D eigenvalue weighted by Gasteiger charge is -2.45. The number of amides is 6. The van der Waals surface area contributed by atoms with E-state index < -0.39 is 101 Å². The molecule has 6 saturated heterocycles. The van der Waals surface area contributed by atoms with Gasteiger partial charge in [-0.25, -0.2) is 9.78 Å². The number of rotatable bonds is 10. The van der Waals surface area contributed by atoms with Gasteiger partial charge in [-0.3, -0.25) is 33.6 Å². The molecule has 6 aliphatic rings. The van der Waals surface area contributed by atoms with Gasteiger partial charge in [0.05, 0.1) is 0 Å². The van der Waals surface area contributed by atoms with Gasteiger partial charge in [-0.15, -0.1) is 0 Å². The number of aromatic nitrogens is 1. The van der Waals surface area contributed by atoms with Gasteiger partial charge in [0.2, 0.25) is 29.5 Å². The maximum Gasteiger partial charge on any atom is 0.333 e. The molecule has 0 radical (unpaired) electrons. The van der Waals surface area contributed by atoms with Crippen molar-refractivity contribution in [2.75, 3.05) is 64.5 Å². The van der Waals surface area contributed by atoms with Crippen LogP contribution in [0.2, 0.25) is 0 Å². The van der Waals surface area contributed by atoms with E-state index in [2.05, 4.69) is 25.8 Å². The van der Waals surface area contributed by atoms with Crippen molar-refractivity contribution in [2.45, 2.75) is 106 Å². The van der Waals surface area contributed by atoms with E-state index in [0.29, 0.717) is 23.3 Å². The molecule has 0 saturated carbocycles. The van der Waals surface area contributed by atoms with Crippen molar-refractivity contribution in [3.05, 3.63) is 89.7 Å². The molecule has 7 heterocycles. The van der Waals surface area contributed by atoms with Crippen LogP contribution < -0.4 is 20.9 Å². The molecule has 2 aromatic carbocycles. The van der Waals surface area contributed by atoms with Gasteiger partial charge in [0.1, 0.15) is 47.8 Å². The number of esters is 1. The van der Waals surface area contributed by atoms with E-state index in [1.807, 2.05) is 43.3 Å². The Hall–Kier alpha value is -6.54. The summed E-state index contributed by atoms with van der Waals surface area (Å²) in [7, 11) is 5.33. The molecular formula is C53H67N9O10S. The molecule has 73 heavy (non-hydrogen) atoms. The lowest BCUT2D eigenvalue weighted by Crippen LogP contribution is -2.63. The molecular weight excluding hydrogens is 955 g/mol. The fraction of sp³-hybridized carbons (Fsp3) is 0.528. The predicted molar refractivity (Wildman–Crippen MR) is 272 cm³/mol. The number of anilines is 1. The Bertz CT molecular complexity index is 2540. The molecule has 9 atom stereocenters. The van der Waals surface area contributed by atoms with Crippen LogP contribution in [0.15, 0.2) is 72.9 Å². The number of carbonyl (C=O) groups excluding carboxylic acids is 8. The van der Waals surface area contributed by atoms with Crippen molar-refractivity contribution < 1.29 is 48.2 Å². The van der Waals surface area contributed by atoms with E-state index in [1.165, 1.54) is 47.0 Å². The number of hydrogen-bond acceptors (Lipinski definition) is 14. The van der Waals surface area contributed by atoms with Crippen molar-refractivity contribution in [1.82, 2.24) is 40.5 Å². The van der Waals surface area contributed by atoms with Gasteiger partial charge in [-0.1, -0.05) is 49.4 Å². The van der Waals surface area contributed by atoms with Crippen LogP contribution in [0.5, 0.6) is 5.75 Å². The van der Waals surface area contributed by atoms with Crippen LogP contribution in [0.1, 0.15) is 80.0 Å². The highest BCUT2D eigenvalue weighted by Crippen LogP contribution is 2.37. The summed E-state index contributed by atoms with van der Waals surface area (Å²) < 4.78 is 5.97. The topological polar surface area (TPSA) is 231 Å². The van der Waals surface area contributed by atoms with Crippen molar-refractivity contribution in [1.29, 1.82) is 0 Å². The standard InChI is InChI=1S/C53H67N9O10S/c1-6-37-50(68)61-23-11-14-38(61)51(69)59(5)40(26-32-16-18-36(19-17-32)58(3)4)52(70)62-28-35(30-73-43-29-60-24-20-33(43)21-25-60)42(64)27-39(62)47(65)57-45(34-12-8-7-9-13-34)53(71)72-31(2)44(48(66)55-37)56-49(67)46-41(63)15-10-22-54-46/h7-10,12-13,15-19,22,31,33,35,37-40,43-45,63H,6,11,14,20-21,23-30H2,1-5H3,(H,55,66)(H,56,67)(H,57,65)/t31-,35?,37-,38+,39+,40+,43+,44+,45+/m1/s1. The normalized spacial score (nSPS) is 29.5. The van der Waals surface area contributed by atoms with Crippen molar-refractivity contribution in [3.63, 3.8) is 0 Å². The summed E-state index contributed by atoms with van der Waals surface area (Å²) in [5.74, 6) is -5.83. The first-order valence-electron chi connectivity index (χ1n) is 25.3. The number of ketones is 1. The summed E-state index contributed by atoms with van der Waals surface area (Å²) in [5, 5.41) is 18.8. The van der Waals surface area contributed by atoms with E-state index in [0.717, 1.165) is 43.7 Å². The van der Waals surface area contributed by atoms with E-state index in [-0.39, 0.29) is 50.1 Å². The van der Waals surface area contributed by atoms with E-state index >= 15 is 14.4 Å². The first-order valence-corrected chi connectivity index (χ1v) is 26.4. The monoisotopic (exact) mass is 1020 g/mol. The van der Waals surface area contributed by atoms with Crippen LogP contribution >= 0.6 is 11.8 Å². The molecule has 19 nitrogen and oxygen atoms in total. The highest BCUT2D eigenvalue weighted by atomic mass is 32.2. The molecule has 3 aromatic rings. The third-order valence-electron chi connectivity index (χ3n) is 15.2. The van der Waals surface area contributed by atoms with Gasteiger partial charge in [-0.2, -0.15) is 11.8 Å². The molecule has 6 aliphatic heterocycles. The Balaban J connectivity index is 1.19. The van der Waals surface area contributed by atoms with Crippen LogP contribution in [0.4, 0.5) is 5.69 Å². The predicted octanol–water partition coefficient (Wildman–Crippen LogP) is 2.32. The number of pyridine rings is 1. The van der Waals surface area contributed by atoms with Gasteiger partial charge < -0.3 is 50.3 Å². The molecule has 390 valence electrons. The van der Waals surface area contributed by atoms with Crippen LogP contribution in [-0.2, 0) is 44.7 Å². The number of ether oxygens (including phenoxy) is 1. The van der Waals surface area contributed by atoms with Gasteiger partial charge in [0, 0.05) is 82.4 Å². The third kappa shape index (κ3) is 11.8. The van der Waals surface area contributed by atoms with Gasteiger partial charge >= 0.3 is 5.97 Å². The quantitative estimate of drug-likeness (QED) is 0.214. The first kappa shape index (κ1) is 52.8. The second-order valence-electron chi connectivity index (χ2n) is 20.1. The summed E-state index contributed by atoms with van der Waals surface area (Å²) in [6.45, 7) is 6.11. The highest BCUT2D eigenvalue weighted by molar-refractivity contribution is 8.00. The van der Waals surface area contributed by atoms with Gasteiger partial charge in [-0.05, 0) is 93.4 Å². The number of aromatic hydroxyl groups is 1. The van der Waals surface area contributed by atoms with Crippen LogP contribution in [0.3, 0.4) is 0 Å². The SMILES string of the molecule is CC[C@H]1NC(=O)[C@@H](NC(=O)c2ncccc2O)[C@@H](C)OC(=O)[C@H](c2ccccc2)NC(=O)[C@@H]2CC(=O)C(CS[C@H]3CN4CCC3CC4)CN2C(=O)[C@H](Cc2ccc(N(C)C)cc2)N(C)C(=O)[C@@H]2CCCN2C1=O. The molecule has 9 rings (SSSR count). The number of cyclic esters (lactones) is 1. The highest BCUT2D eigenvalue weighted by Gasteiger charge is 2.48. The fourth-order valence-electron chi connectivity index (χ4n) is 10.8. The van der Waals surface area contributed by atoms with Gasteiger partial charge in [0.25, 0.3) is 5.91 Å². The summed E-state index contributed by atoms with van der Waals surface area (Å²) in [6.07, 6.45) is 2.40. The number of carbonyl (C=O) groups is 8. The first-order chi connectivity index (χ1) is 35.0. The summed E-state index contributed by atoms with van der Waals surface area (Å²) in [4.78, 5) is 130. The second kappa shape index (κ2) is 23.1. The van der Waals surface area contributed by atoms with Crippen LogP contribution in [0, 0.1) is 11.8 Å². The largest absolute Gasteiger partial charge is 0.505 e. The van der Waals surface area contributed by atoms with E-state index in [4.69, 9.17) is 4.74 Å². The summed E-state index contributed by atoms with van der Waals surface area (Å²) in [5.41, 5.74) is 1.49. The second-order valence-corrected chi connectivity index (χ2v) is 21.4. The number of piperidine rings is 4. The fourth-order valence-corrected chi connectivity index (χ4v) is 12.4. The zero-order valence-electron chi connectivity index (χ0n) is 42.1. The lowest BCUT2D eigenvalue weighted by atomic mass is 9.88. The molecule has 1 aromatic heterocycles. The maximum absolute atomic E-state index is 15.7. The minimum Gasteiger partial charge on any atom is -0.505 e. The van der Waals surface area contributed by atoms with Crippen molar-refractivity contribution >= 4 is 64.6 Å². The number of hydrogen-bond donors (Lipinski definition) is 4. The number of likely N-dealkylation sites (N-methyl/N-ethyl adjacent to an activating group) is 1. The average Bonchev–Trinajstić information content (AvgIpc) is 3.89. The van der Waals surface area contributed by atoms with Crippen LogP contribution in [0.25, 0.3) is 0 Å². The molecule has 6 amide bonds. The molecule has 4 N–H and O–H groups in total. The number of fused-ring (bicyclic) bond motifs is 5. The Kier molecular flexibility index (Phi) is 16.7. The molecule has 1 unspecified atom stereocenters. The Morgan fingerprint density at radius 1 is 0.849 bits per heavy atom. The zero-order valence-corrected chi connectivity index (χ0v) is 42.9. The number of Topliss-reactive ketones (excluding diaryl/α,β-unsaturated/α-hetero) is 1. The molecule has 0 spiro atoms. The van der Waals surface area contributed by atoms with E-state index in [9.17, 15) is 29.1 Å². The number of nitrogens with one attached hydrogen (secondary N) is 3. The Morgan fingerprint density at radius 2 is 1.58 bits per heavy atom. The summed E-state index contributed by atoms with van der Waals surface area (Å²) in [6, 6.07) is 10.3. The van der Waals surface area contributed by atoms with E-state index in [1.54, 1.807) is 49.0 Å². The lowest BCUT2D eigenvalue weighted by molar-refractivity contribution is -0.157. The smallest absolute Gasteiger partial charge is 0.333 e. The maximum atomic E-state index is 15.7. The number of thioether (sulfide) groups is 1. The number of benzene rings is 2. The van der Waals surface area contributed by atoms with Crippen molar-refractivity contribution in [3.8, 4) is 5.75 Å². The molecule has 6 fully saturated rings.